The first-order valence-corrected chi connectivity index (χ1v) is 7.90. The third kappa shape index (κ3) is 3.70. The molecule has 1 amide bonds. The van der Waals surface area contributed by atoms with Crippen LogP contribution in [0.25, 0.3) is 0 Å². The van der Waals surface area contributed by atoms with E-state index in [2.05, 4.69) is 18.3 Å². The van der Waals surface area contributed by atoms with Crippen LogP contribution >= 0.6 is 0 Å². The summed E-state index contributed by atoms with van der Waals surface area (Å²) in [6.45, 7) is 8.08. The topological polar surface area (TPSA) is 29.1 Å². The maximum atomic E-state index is 13.0. The second-order valence-electron chi connectivity index (χ2n) is 7.64. The highest BCUT2D eigenvalue weighted by atomic mass is 19.4. The molecule has 0 aliphatic heterocycles. The highest BCUT2D eigenvalue weighted by Gasteiger charge is 2.48. The van der Waals surface area contributed by atoms with Crippen LogP contribution in [0.2, 0.25) is 0 Å². The molecule has 0 unspecified atom stereocenters. The first-order chi connectivity index (χ1) is 10.4. The Morgan fingerprint density at radius 1 is 1.17 bits per heavy atom. The Kier molecular flexibility index (Phi) is 4.29. The van der Waals surface area contributed by atoms with Crippen molar-refractivity contribution in [3.8, 4) is 0 Å². The van der Waals surface area contributed by atoms with Gasteiger partial charge in [0.25, 0.3) is 5.91 Å². The average Bonchev–Trinajstić information content (AvgIpc) is 3.15. The fourth-order valence-electron chi connectivity index (χ4n) is 2.37. The smallest absolute Gasteiger partial charge is 0.338 e. The van der Waals surface area contributed by atoms with Crippen LogP contribution in [0.4, 0.5) is 13.2 Å². The van der Waals surface area contributed by atoms with Gasteiger partial charge in [-0.05, 0) is 61.3 Å². The number of rotatable bonds is 4. The number of benzene rings is 1. The van der Waals surface area contributed by atoms with E-state index in [9.17, 15) is 18.0 Å². The first-order valence-electron chi connectivity index (χ1n) is 7.90. The van der Waals surface area contributed by atoms with Crippen LogP contribution in [0.1, 0.15) is 74.9 Å². The third-order valence-corrected chi connectivity index (χ3v) is 4.72. The monoisotopic (exact) mass is 327 g/mol. The summed E-state index contributed by atoms with van der Waals surface area (Å²) < 4.78 is 38.9. The molecule has 1 saturated carbocycles. The predicted molar refractivity (Wildman–Crippen MR) is 84.7 cm³/mol. The average molecular weight is 327 g/mol. The molecule has 23 heavy (non-hydrogen) atoms. The van der Waals surface area contributed by atoms with Gasteiger partial charge < -0.3 is 5.32 Å². The molecule has 1 aromatic carbocycles. The minimum absolute atomic E-state index is 0.0550. The highest BCUT2D eigenvalue weighted by molar-refractivity contribution is 5.95. The summed E-state index contributed by atoms with van der Waals surface area (Å²) in [6, 6.07) is 5.51. The third-order valence-electron chi connectivity index (χ3n) is 4.72. The Morgan fingerprint density at radius 2 is 1.74 bits per heavy atom. The van der Waals surface area contributed by atoms with Crippen LogP contribution in [0.15, 0.2) is 18.2 Å². The van der Waals surface area contributed by atoms with Crippen molar-refractivity contribution in [2.75, 3.05) is 0 Å². The van der Waals surface area contributed by atoms with Crippen molar-refractivity contribution >= 4 is 5.91 Å². The van der Waals surface area contributed by atoms with Crippen LogP contribution in [0.5, 0.6) is 0 Å². The molecule has 1 aromatic rings. The summed E-state index contributed by atoms with van der Waals surface area (Å²) in [6.07, 6.45) is -2.41. The fraction of sp³-hybridized carbons (Fsp3) is 0.611. The summed E-state index contributed by atoms with van der Waals surface area (Å²) in [5.74, 6) is -0.472. The molecule has 1 fully saturated rings. The summed E-state index contributed by atoms with van der Waals surface area (Å²) in [5.41, 5.74) is 0.113. The molecule has 0 spiro atoms. The van der Waals surface area contributed by atoms with Crippen molar-refractivity contribution in [1.82, 2.24) is 5.32 Å². The SMILES string of the molecule is CC(C)c1cc(C(=O)NC(C)(C)C(F)(F)F)cc(C2(C)CC2)c1. The Balaban J connectivity index is 2.35. The molecular formula is C18H24F3NO. The lowest BCUT2D eigenvalue weighted by atomic mass is 9.90. The van der Waals surface area contributed by atoms with Gasteiger partial charge in [-0.2, -0.15) is 13.2 Å². The zero-order valence-electron chi connectivity index (χ0n) is 14.3. The zero-order chi connectivity index (χ0) is 17.6. The van der Waals surface area contributed by atoms with E-state index in [0.717, 1.165) is 37.8 Å². The largest absolute Gasteiger partial charge is 0.410 e. The second-order valence-corrected chi connectivity index (χ2v) is 7.64. The molecule has 0 aromatic heterocycles. The Labute approximate surface area is 135 Å². The molecule has 0 radical (unpaired) electrons. The van der Waals surface area contributed by atoms with Gasteiger partial charge in [0.1, 0.15) is 5.54 Å². The van der Waals surface area contributed by atoms with Gasteiger partial charge in [0.15, 0.2) is 0 Å². The normalized spacial score (nSPS) is 17.3. The molecule has 0 saturated heterocycles. The molecule has 0 bridgehead atoms. The van der Waals surface area contributed by atoms with Gasteiger partial charge in [0.2, 0.25) is 0 Å². The van der Waals surface area contributed by atoms with Crippen molar-refractivity contribution in [2.24, 2.45) is 0 Å². The highest BCUT2D eigenvalue weighted by Crippen LogP contribution is 2.48. The Morgan fingerprint density at radius 3 is 2.17 bits per heavy atom. The molecule has 1 aliphatic rings. The number of halogens is 3. The molecule has 128 valence electrons. The quantitative estimate of drug-likeness (QED) is 0.834. The minimum atomic E-state index is -4.50. The van der Waals surface area contributed by atoms with E-state index >= 15 is 0 Å². The van der Waals surface area contributed by atoms with Crippen LogP contribution in [0.3, 0.4) is 0 Å². The van der Waals surface area contributed by atoms with E-state index in [1.165, 1.54) is 0 Å². The van der Waals surface area contributed by atoms with Gasteiger partial charge in [-0.25, -0.2) is 0 Å². The van der Waals surface area contributed by atoms with Crippen molar-refractivity contribution in [1.29, 1.82) is 0 Å². The van der Waals surface area contributed by atoms with E-state index in [1.807, 2.05) is 13.8 Å². The standard InChI is InChI=1S/C18H24F3NO/c1-11(2)12-8-13(10-14(9-12)17(5)6-7-17)15(23)22-16(3,4)18(19,20)21/h8-11H,6-7H2,1-5H3,(H,22,23). The number of amides is 1. The lowest BCUT2D eigenvalue weighted by Gasteiger charge is -2.29. The number of carbonyl (C=O) groups is 1. The molecule has 0 heterocycles. The zero-order valence-corrected chi connectivity index (χ0v) is 14.3. The number of alkyl halides is 3. The summed E-state index contributed by atoms with van der Waals surface area (Å²) in [4.78, 5) is 12.4. The van der Waals surface area contributed by atoms with Crippen molar-refractivity contribution in [2.45, 2.75) is 70.5 Å². The van der Waals surface area contributed by atoms with Crippen LogP contribution in [0, 0.1) is 0 Å². The number of nitrogens with one attached hydrogen (secondary N) is 1. The number of carbonyl (C=O) groups excluding carboxylic acids is 1. The summed E-state index contributed by atoms with van der Waals surface area (Å²) in [5, 5.41) is 2.11. The van der Waals surface area contributed by atoms with E-state index in [1.54, 1.807) is 12.1 Å². The predicted octanol–water partition coefficient (Wildman–Crippen LogP) is 4.93. The van der Waals surface area contributed by atoms with Gasteiger partial charge in [-0.3, -0.25) is 4.79 Å². The minimum Gasteiger partial charge on any atom is -0.338 e. The van der Waals surface area contributed by atoms with Crippen molar-refractivity contribution in [3.05, 3.63) is 34.9 Å². The van der Waals surface area contributed by atoms with E-state index in [4.69, 9.17) is 0 Å². The van der Waals surface area contributed by atoms with Crippen LogP contribution in [-0.2, 0) is 5.41 Å². The fourth-order valence-corrected chi connectivity index (χ4v) is 2.37. The first kappa shape index (κ1) is 17.8. The van der Waals surface area contributed by atoms with Gasteiger partial charge >= 0.3 is 6.18 Å². The summed E-state index contributed by atoms with van der Waals surface area (Å²) in [7, 11) is 0. The molecule has 5 heteroatoms. The molecule has 1 aliphatic carbocycles. The van der Waals surface area contributed by atoms with Gasteiger partial charge in [-0.15, -0.1) is 0 Å². The molecule has 0 atom stereocenters. The van der Waals surface area contributed by atoms with Crippen LogP contribution < -0.4 is 5.32 Å². The Hall–Kier alpha value is -1.52. The lowest BCUT2D eigenvalue weighted by molar-refractivity contribution is -0.182. The second kappa shape index (κ2) is 5.53. The van der Waals surface area contributed by atoms with Crippen molar-refractivity contribution in [3.63, 3.8) is 0 Å². The van der Waals surface area contributed by atoms with E-state index in [-0.39, 0.29) is 11.3 Å². The van der Waals surface area contributed by atoms with Gasteiger partial charge in [-0.1, -0.05) is 26.8 Å². The van der Waals surface area contributed by atoms with E-state index < -0.39 is 17.6 Å². The number of hydrogen-bond acceptors (Lipinski definition) is 1. The van der Waals surface area contributed by atoms with Crippen molar-refractivity contribution < 1.29 is 18.0 Å². The maximum Gasteiger partial charge on any atom is 0.410 e. The summed E-state index contributed by atoms with van der Waals surface area (Å²) >= 11 is 0. The Bertz CT molecular complexity index is 613. The van der Waals surface area contributed by atoms with Gasteiger partial charge in [0.05, 0.1) is 0 Å². The molecule has 2 rings (SSSR count). The molecular weight excluding hydrogens is 303 g/mol. The maximum absolute atomic E-state index is 13.0. The number of hydrogen-bond donors (Lipinski definition) is 1. The van der Waals surface area contributed by atoms with Gasteiger partial charge in [0, 0.05) is 5.56 Å². The molecule has 1 N–H and O–H groups in total. The molecule has 2 nitrogen and oxygen atoms in total. The van der Waals surface area contributed by atoms with E-state index in [0.29, 0.717) is 5.56 Å². The lowest BCUT2D eigenvalue weighted by Crippen LogP contribution is -2.54. The van der Waals surface area contributed by atoms with Crippen LogP contribution in [-0.4, -0.2) is 17.6 Å².